The number of fused-ring (bicyclic) bond motifs is 2. The van der Waals surface area contributed by atoms with Gasteiger partial charge in [0.05, 0.1) is 0 Å². The van der Waals surface area contributed by atoms with Crippen molar-refractivity contribution in [3.8, 4) is 0 Å². The second kappa shape index (κ2) is 3.63. The number of hydrogen-bond acceptors (Lipinski definition) is 0. The van der Waals surface area contributed by atoms with Crippen LogP contribution in [0.3, 0.4) is 0 Å². The van der Waals surface area contributed by atoms with Crippen molar-refractivity contribution in [1.82, 2.24) is 0 Å². The Kier molecular flexibility index (Phi) is 2.05. The number of hydrogen-bond donors (Lipinski definition) is 0. The molecular formula is C18H8Br2. The first kappa shape index (κ1) is 11.3. The maximum Gasteiger partial charge on any atom is 0.0260 e. The van der Waals surface area contributed by atoms with Gasteiger partial charge in [0, 0.05) is 8.95 Å². The van der Waals surface area contributed by atoms with Crippen LogP contribution in [0.4, 0.5) is 0 Å². The van der Waals surface area contributed by atoms with E-state index in [0.29, 0.717) is 0 Å². The molecule has 0 aliphatic heterocycles. The van der Waals surface area contributed by atoms with Crippen molar-refractivity contribution in [3.05, 3.63) is 57.5 Å². The fourth-order valence-corrected chi connectivity index (χ4v) is 4.63. The van der Waals surface area contributed by atoms with Crippen LogP contribution in [0.5, 0.6) is 0 Å². The van der Waals surface area contributed by atoms with E-state index in [1.54, 1.807) is 0 Å². The molecule has 0 unspecified atom stereocenters. The summed E-state index contributed by atoms with van der Waals surface area (Å²) in [6, 6.07) is 17.6. The molecule has 5 aromatic carbocycles. The first-order valence-electron chi connectivity index (χ1n) is 6.52. The summed E-state index contributed by atoms with van der Waals surface area (Å²) in [5, 5.41) is 10.7. The molecule has 2 heteroatoms. The van der Waals surface area contributed by atoms with Gasteiger partial charge >= 0.3 is 0 Å². The van der Waals surface area contributed by atoms with E-state index in [-0.39, 0.29) is 0 Å². The van der Waals surface area contributed by atoms with E-state index in [2.05, 4.69) is 80.4 Å². The second-order valence-corrected chi connectivity index (χ2v) is 6.98. The van der Waals surface area contributed by atoms with Gasteiger partial charge in [-0.25, -0.2) is 0 Å². The summed E-state index contributed by atoms with van der Waals surface area (Å²) in [5.74, 6) is 0. The van der Waals surface area contributed by atoms with Crippen LogP contribution in [0.25, 0.3) is 43.1 Å². The van der Waals surface area contributed by atoms with E-state index in [1.165, 1.54) is 52.0 Å². The highest BCUT2D eigenvalue weighted by Gasteiger charge is 2.17. The average molecular weight is 384 g/mol. The summed E-state index contributed by atoms with van der Waals surface area (Å²) in [6.45, 7) is 0. The lowest BCUT2D eigenvalue weighted by molar-refractivity contribution is 1.87. The van der Waals surface area contributed by atoms with Crippen LogP contribution in [0.1, 0.15) is 0 Å². The Labute approximate surface area is 132 Å². The molecule has 0 nitrogen and oxygen atoms in total. The van der Waals surface area contributed by atoms with Gasteiger partial charge in [-0.1, -0.05) is 68.3 Å². The van der Waals surface area contributed by atoms with Gasteiger partial charge in [0.2, 0.25) is 0 Å². The number of halogens is 2. The molecule has 0 saturated heterocycles. The van der Waals surface area contributed by atoms with Crippen LogP contribution in [-0.2, 0) is 0 Å². The van der Waals surface area contributed by atoms with Crippen molar-refractivity contribution in [2.45, 2.75) is 0 Å². The van der Waals surface area contributed by atoms with Gasteiger partial charge in [0.15, 0.2) is 0 Å². The minimum atomic E-state index is 1.19. The van der Waals surface area contributed by atoms with E-state index in [9.17, 15) is 0 Å². The first-order chi connectivity index (χ1) is 9.75. The number of rotatable bonds is 0. The Morgan fingerprint density at radius 3 is 1.35 bits per heavy atom. The molecule has 0 heterocycles. The quantitative estimate of drug-likeness (QED) is 0.261. The molecule has 0 aromatic heterocycles. The smallest absolute Gasteiger partial charge is 0.0260 e. The molecule has 20 heavy (non-hydrogen) atoms. The Morgan fingerprint density at radius 1 is 0.500 bits per heavy atom. The Balaban J connectivity index is 2.31. The normalized spacial score (nSPS) is 12.5. The monoisotopic (exact) mass is 382 g/mol. The molecule has 5 rings (SSSR count). The molecule has 0 spiro atoms. The molecule has 0 N–H and O–H groups in total. The topological polar surface area (TPSA) is 0 Å². The van der Waals surface area contributed by atoms with Crippen molar-refractivity contribution < 1.29 is 0 Å². The van der Waals surface area contributed by atoms with Gasteiger partial charge in [-0.3, -0.25) is 0 Å². The van der Waals surface area contributed by atoms with Crippen LogP contribution < -0.4 is 0 Å². The summed E-state index contributed by atoms with van der Waals surface area (Å²) < 4.78 is 2.37. The molecule has 0 amide bonds. The lowest BCUT2D eigenvalue weighted by Crippen LogP contribution is -1.78. The van der Waals surface area contributed by atoms with Crippen molar-refractivity contribution in [1.29, 1.82) is 0 Å². The zero-order valence-corrected chi connectivity index (χ0v) is 13.5. The van der Waals surface area contributed by atoms with E-state index < -0.39 is 0 Å². The van der Waals surface area contributed by atoms with E-state index >= 15 is 0 Å². The highest BCUT2D eigenvalue weighted by Crippen LogP contribution is 2.46. The van der Waals surface area contributed by atoms with E-state index in [4.69, 9.17) is 0 Å². The molecule has 0 bridgehead atoms. The minimum absolute atomic E-state index is 1.19. The highest BCUT2D eigenvalue weighted by atomic mass is 79.9. The van der Waals surface area contributed by atoms with Gasteiger partial charge in [-0.15, -0.1) is 0 Å². The summed E-state index contributed by atoms with van der Waals surface area (Å²) in [5.41, 5.74) is 0. The van der Waals surface area contributed by atoms with Crippen LogP contribution >= 0.6 is 31.9 Å². The molecular weight excluding hydrogens is 376 g/mol. The molecule has 0 aliphatic carbocycles. The van der Waals surface area contributed by atoms with Gasteiger partial charge in [-0.2, -0.15) is 0 Å². The first-order valence-corrected chi connectivity index (χ1v) is 8.11. The number of benzene rings is 3. The summed E-state index contributed by atoms with van der Waals surface area (Å²) >= 11 is 7.41. The van der Waals surface area contributed by atoms with Crippen LogP contribution in [-0.4, -0.2) is 0 Å². The predicted octanol–water partition coefficient (Wildman–Crippen LogP) is 6.70. The zero-order chi connectivity index (χ0) is 13.4. The third-order valence-corrected chi connectivity index (χ3v) is 5.62. The fourth-order valence-electron chi connectivity index (χ4n) is 3.51. The van der Waals surface area contributed by atoms with Crippen molar-refractivity contribution >= 4 is 74.9 Å². The maximum atomic E-state index is 3.71. The maximum absolute atomic E-state index is 3.71. The van der Waals surface area contributed by atoms with Gasteiger partial charge in [-0.05, 0) is 55.2 Å². The average Bonchev–Trinajstić information content (AvgIpc) is 2.98. The molecule has 0 fully saturated rings. The van der Waals surface area contributed by atoms with Crippen molar-refractivity contribution in [2.24, 2.45) is 0 Å². The molecule has 0 atom stereocenters. The second-order valence-electron chi connectivity index (χ2n) is 5.27. The van der Waals surface area contributed by atoms with E-state index in [0.717, 1.165) is 0 Å². The van der Waals surface area contributed by atoms with Crippen LogP contribution in [0, 0.1) is 0 Å². The summed E-state index contributed by atoms with van der Waals surface area (Å²) in [6.07, 6.45) is 0. The predicted molar refractivity (Wildman–Crippen MR) is 94.2 cm³/mol. The molecule has 0 saturated carbocycles. The Bertz CT molecular complexity index is 1020. The minimum Gasteiger partial charge on any atom is -0.0610 e. The van der Waals surface area contributed by atoms with Crippen LogP contribution in [0.15, 0.2) is 57.5 Å². The summed E-state index contributed by atoms with van der Waals surface area (Å²) in [7, 11) is 0. The molecule has 0 radical (unpaired) electrons. The van der Waals surface area contributed by atoms with Crippen molar-refractivity contribution in [3.63, 3.8) is 0 Å². The molecule has 94 valence electrons. The van der Waals surface area contributed by atoms with Crippen LogP contribution in [0.2, 0.25) is 0 Å². The highest BCUT2D eigenvalue weighted by molar-refractivity contribution is 9.11. The summed E-state index contributed by atoms with van der Waals surface area (Å²) in [4.78, 5) is 0. The SMILES string of the molecule is Brc1cc2c3cccc4c(Br)cc(c5cccc1c52)c43. The third-order valence-electron chi connectivity index (χ3n) is 4.30. The van der Waals surface area contributed by atoms with Crippen molar-refractivity contribution in [2.75, 3.05) is 0 Å². The standard InChI is InChI=1S/C18H8Br2/c19-15-8-14-10-4-2-6-12-16(20)7-13(18(10)12)9-3-1-5-11(15)17(9)14/h1-8H. The van der Waals surface area contributed by atoms with Gasteiger partial charge in [0.1, 0.15) is 0 Å². The Hall–Kier alpha value is -1.38. The lowest BCUT2D eigenvalue weighted by Gasteiger charge is -2.06. The van der Waals surface area contributed by atoms with Gasteiger partial charge < -0.3 is 0 Å². The fraction of sp³-hybridized carbons (Fsp3) is 0. The van der Waals surface area contributed by atoms with E-state index in [1.807, 2.05) is 0 Å². The molecule has 0 aliphatic rings. The Morgan fingerprint density at radius 2 is 0.900 bits per heavy atom. The van der Waals surface area contributed by atoms with Gasteiger partial charge in [0.25, 0.3) is 0 Å². The third kappa shape index (κ3) is 1.18. The largest absolute Gasteiger partial charge is 0.0610 e. The molecule has 5 aromatic rings. The zero-order valence-electron chi connectivity index (χ0n) is 10.4. The lowest BCUT2D eigenvalue weighted by atomic mass is 9.97.